The van der Waals surface area contributed by atoms with Crippen LogP contribution in [0.5, 0.6) is 0 Å². The number of hydrogen-bond donors (Lipinski definition) is 0. The first-order chi connectivity index (χ1) is 12.4. The summed E-state index contributed by atoms with van der Waals surface area (Å²) < 4.78 is 27.2. The van der Waals surface area contributed by atoms with Gasteiger partial charge in [-0.2, -0.15) is 4.31 Å². The Kier molecular flexibility index (Phi) is 5.59. The molecule has 0 atom stereocenters. The van der Waals surface area contributed by atoms with Crippen molar-refractivity contribution in [3.63, 3.8) is 0 Å². The van der Waals surface area contributed by atoms with Crippen LogP contribution in [0.1, 0.15) is 10.4 Å². The Morgan fingerprint density at radius 2 is 1.65 bits per heavy atom. The summed E-state index contributed by atoms with van der Waals surface area (Å²) in [6.07, 6.45) is 0.783. The fraction of sp³-hybridized carbons (Fsp3) is 0.529. The summed E-state index contributed by atoms with van der Waals surface area (Å²) in [7, 11) is -1.64. The van der Waals surface area contributed by atoms with Gasteiger partial charge in [0, 0.05) is 57.9 Å². The minimum Gasteiger partial charge on any atom is -0.342 e. The zero-order valence-corrected chi connectivity index (χ0v) is 15.7. The van der Waals surface area contributed by atoms with Crippen LogP contribution in [0.3, 0.4) is 0 Å². The minimum absolute atomic E-state index is 0.152. The van der Waals surface area contributed by atoms with Gasteiger partial charge in [0.15, 0.2) is 0 Å². The molecule has 2 aliphatic rings. The van der Waals surface area contributed by atoms with Gasteiger partial charge in [-0.3, -0.25) is 9.59 Å². The molecular formula is C17H24N4O4S. The van der Waals surface area contributed by atoms with Gasteiger partial charge in [-0.15, -0.1) is 0 Å². The lowest BCUT2D eigenvalue weighted by atomic mass is 10.2. The molecule has 2 heterocycles. The van der Waals surface area contributed by atoms with E-state index >= 15 is 0 Å². The van der Waals surface area contributed by atoms with Gasteiger partial charge in [0.25, 0.3) is 5.91 Å². The number of amides is 2. The van der Waals surface area contributed by atoms with Gasteiger partial charge < -0.3 is 14.7 Å². The number of benzene rings is 1. The summed E-state index contributed by atoms with van der Waals surface area (Å²) in [6, 6.07) is 6.24. The Morgan fingerprint density at radius 1 is 1.00 bits per heavy atom. The van der Waals surface area contributed by atoms with Gasteiger partial charge in [-0.25, -0.2) is 8.42 Å². The third-order valence-corrected chi connectivity index (χ3v) is 6.83. The molecule has 2 fully saturated rings. The Morgan fingerprint density at radius 3 is 2.27 bits per heavy atom. The Labute approximate surface area is 154 Å². The Balaban J connectivity index is 1.75. The van der Waals surface area contributed by atoms with E-state index < -0.39 is 10.0 Å². The average molecular weight is 380 g/mol. The van der Waals surface area contributed by atoms with Gasteiger partial charge in [0.2, 0.25) is 16.4 Å². The molecule has 1 aromatic carbocycles. The monoisotopic (exact) mass is 380 g/mol. The highest BCUT2D eigenvalue weighted by atomic mass is 32.2. The topological polar surface area (TPSA) is 81.2 Å². The molecule has 0 bridgehead atoms. The van der Waals surface area contributed by atoms with E-state index in [0.717, 1.165) is 6.41 Å². The zero-order chi connectivity index (χ0) is 18.7. The van der Waals surface area contributed by atoms with E-state index in [1.807, 2.05) is 7.05 Å². The SMILES string of the molecule is CN1CCN(S(=O)(=O)c2cccc(C(=O)N3CCN(C=O)CC3)c2)CC1. The largest absolute Gasteiger partial charge is 0.342 e. The van der Waals surface area contributed by atoms with Crippen LogP contribution in [0.15, 0.2) is 29.2 Å². The highest BCUT2D eigenvalue weighted by Crippen LogP contribution is 2.20. The lowest BCUT2D eigenvalue weighted by molar-refractivity contribution is -0.119. The molecule has 142 valence electrons. The summed E-state index contributed by atoms with van der Waals surface area (Å²) in [5, 5.41) is 0. The number of sulfonamides is 1. The van der Waals surface area contributed by atoms with Gasteiger partial charge >= 0.3 is 0 Å². The van der Waals surface area contributed by atoms with E-state index in [1.54, 1.807) is 21.9 Å². The molecule has 8 nitrogen and oxygen atoms in total. The molecule has 2 aliphatic heterocycles. The summed E-state index contributed by atoms with van der Waals surface area (Å²) in [6.45, 7) is 4.18. The maximum absolute atomic E-state index is 12.9. The van der Waals surface area contributed by atoms with E-state index in [0.29, 0.717) is 57.9 Å². The van der Waals surface area contributed by atoms with Crippen LogP contribution in [-0.4, -0.2) is 99.1 Å². The van der Waals surface area contributed by atoms with Crippen molar-refractivity contribution in [2.24, 2.45) is 0 Å². The maximum Gasteiger partial charge on any atom is 0.254 e. The van der Waals surface area contributed by atoms with Crippen molar-refractivity contribution in [3.05, 3.63) is 29.8 Å². The molecule has 1 aromatic rings. The highest BCUT2D eigenvalue weighted by Gasteiger charge is 2.29. The molecule has 0 N–H and O–H groups in total. The van der Waals surface area contributed by atoms with Crippen molar-refractivity contribution in [1.82, 2.24) is 19.0 Å². The maximum atomic E-state index is 12.9. The second-order valence-electron chi connectivity index (χ2n) is 6.67. The highest BCUT2D eigenvalue weighted by molar-refractivity contribution is 7.89. The van der Waals surface area contributed by atoms with Crippen molar-refractivity contribution in [2.75, 3.05) is 59.4 Å². The first-order valence-electron chi connectivity index (χ1n) is 8.69. The second kappa shape index (κ2) is 7.73. The molecule has 2 amide bonds. The quantitative estimate of drug-likeness (QED) is 0.660. The number of rotatable bonds is 4. The fourth-order valence-electron chi connectivity index (χ4n) is 3.18. The van der Waals surface area contributed by atoms with Gasteiger partial charge in [0.05, 0.1) is 4.90 Å². The normalized spacial score (nSPS) is 20.2. The van der Waals surface area contributed by atoms with Gasteiger partial charge in [-0.05, 0) is 25.2 Å². The number of likely N-dealkylation sites (N-methyl/N-ethyl adjacent to an activating group) is 1. The fourth-order valence-corrected chi connectivity index (χ4v) is 4.65. The van der Waals surface area contributed by atoms with Crippen molar-refractivity contribution in [2.45, 2.75) is 4.90 Å². The Bertz CT molecular complexity index is 767. The zero-order valence-electron chi connectivity index (χ0n) is 14.9. The summed E-state index contributed by atoms with van der Waals surface area (Å²) in [5.41, 5.74) is 0.361. The molecule has 0 saturated carbocycles. The van der Waals surface area contributed by atoms with Crippen molar-refractivity contribution in [1.29, 1.82) is 0 Å². The number of piperazine rings is 2. The molecule has 9 heteroatoms. The van der Waals surface area contributed by atoms with Gasteiger partial charge in [-0.1, -0.05) is 6.07 Å². The van der Waals surface area contributed by atoms with Crippen LogP contribution in [0.2, 0.25) is 0 Å². The molecule has 0 aromatic heterocycles. The number of carbonyl (C=O) groups excluding carboxylic acids is 2. The molecule has 0 unspecified atom stereocenters. The Hall–Kier alpha value is -1.97. The lowest BCUT2D eigenvalue weighted by Crippen LogP contribution is -2.48. The molecular weight excluding hydrogens is 356 g/mol. The van der Waals surface area contributed by atoms with Crippen LogP contribution in [0.4, 0.5) is 0 Å². The third kappa shape index (κ3) is 3.89. The van der Waals surface area contributed by atoms with Crippen LogP contribution in [-0.2, 0) is 14.8 Å². The summed E-state index contributed by atoms with van der Waals surface area (Å²) in [5.74, 6) is -0.203. The van der Waals surface area contributed by atoms with Crippen molar-refractivity contribution >= 4 is 22.3 Å². The number of hydrogen-bond acceptors (Lipinski definition) is 5. The van der Waals surface area contributed by atoms with Crippen molar-refractivity contribution in [3.8, 4) is 0 Å². The van der Waals surface area contributed by atoms with E-state index in [9.17, 15) is 18.0 Å². The van der Waals surface area contributed by atoms with Gasteiger partial charge in [0.1, 0.15) is 0 Å². The first kappa shape index (κ1) is 18.8. The lowest BCUT2D eigenvalue weighted by Gasteiger charge is -2.33. The average Bonchev–Trinajstić information content (AvgIpc) is 2.68. The van der Waals surface area contributed by atoms with Crippen LogP contribution in [0, 0.1) is 0 Å². The summed E-state index contributed by atoms with van der Waals surface area (Å²) in [4.78, 5) is 29.0. The smallest absolute Gasteiger partial charge is 0.254 e. The van der Waals surface area contributed by atoms with Crippen molar-refractivity contribution < 1.29 is 18.0 Å². The molecule has 3 rings (SSSR count). The first-order valence-corrected chi connectivity index (χ1v) is 10.1. The van der Waals surface area contributed by atoms with E-state index in [1.165, 1.54) is 16.4 Å². The predicted molar refractivity (Wildman–Crippen MR) is 96.2 cm³/mol. The molecule has 26 heavy (non-hydrogen) atoms. The summed E-state index contributed by atoms with van der Waals surface area (Å²) >= 11 is 0. The molecule has 0 aliphatic carbocycles. The molecule has 0 radical (unpaired) electrons. The predicted octanol–water partition coefficient (Wildman–Crippen LogP) is -0.463. The number of carbonyl (C=O) groups is 2. The van der Waals surface area contributed by atoms with E-state index in [-0.39, 0.29) is 10.8 Å². The van der Waals surface area contributed by atoms with E-state index in [2.05, 4.69) is 4.90 Å². The second-order valence-corrected chi connectivity index (χ2v) is 8.61. The number of nitrogens with zero attached hydrogens (tertiary/aromatic N) is 4. The van der Waals surface area contributed by atoms with Crippen LogP contribution >= 0.6 is 0 Å². The molecule has 2 saturated heterocycles. The minimum atomic E-state index is -3.60. The molecule has 0 spiro atoms. The van der Waals surface area contributed by atoms with Crippen LogP contribution < -0.4 is 0 Å². The standard InChI is InChI=1S/C17H24N4O4S/c1-18-5-11-21(12-6-18)26(24,25)16-4-2-3-15(13-16)17(23)20-9-7-19(14-22)8-10-20/h2-4,13-14H,5-12H2,1H3. The van der Waals surface area contributed by atoms with E-state index in [4.69, 9.17) is 0 Å². The third-order valence-electron chi connectivity index (χ3n) is 4.93. The van der Waals surface area contributed by atoms with Crippen LogP contribution in [0.25, 0.3) is 0 Å².